The second-order valence-electron chi connectivity index (χ2n) is 6.63. The van der Waals surface area contributed by atoms with Gasteiger partial charge in [0.05, 0.1) is 24.7 Å². The van der Waals surface area contributed by atoms with Crippen molar-refractivity contribution in [2.75, 3.05) is 11.5 Å². The van der Waals surface area contributed by atoms with Gasteiger partial charge < -0.3 is 14.4 Å². The van der Waals surface area contributed by atoms with Crippen LogP contribution in [0.15, 0.2) is 55.1 Å². The van der Waals surface area contributed by atoms with Crippen LogP contribution in [0.1, 0.15) is 13.3 Å². The minimum Gasteiger partial charge on any atom is -0.466 e. The van der Waals surface area contributed by atoms with E-state index < -0.39 is 23.5 Å². The molecule has 0 radical (unpaired) electrons. The van der Waals surface area contributed by atoms with Crippen LogP contribution >= 0.6 is 0 Å². The van der Waals surface area contributed by atoms with Gasteiger partial charge in [-0.3, -0.25) is 9.59 Å². The van der Waals surface area contributed by atoms with Crippen molar-refractivity contribution in [3.05, 3.63) is 55.1 Å². The van der Waals surface area contributed by atoms with Crippen molar-refractivity contribution < 1.29 is 19.1 Å². The van der Waals surface area contributed by atoms with E-state index in [0.717, 1.165) is 5.69 Å². The Balaban J connectivity index is 1.79. The average molecular weight is 339 g/mol. The van der Waals surface area contributed by atoms with Crippen LogP contribution in [0.3, 0.4) is 0 Å². The SMILES string of the molecule is C=CCC1N(c2ccccc2)C(=O)[C@@H]2[C@H](C(=O)OCC)[C@H]3C=C[C@@]12O3. The van der Waals surface area contributed by atoms with E-state index >= 15 is 0 Å². The first-order valence-corrected chi connectivity index (χ1v) is 8.67. The van der Waals surface area contributed by atoms with Gasteiger partial charge in [-0.25, -0.2) is 0 Å². The molecule has 2 saturated heterocycles. The number of anilines is 1. The van der Waals surface area contributed by atoms with E-state index in [1.54, 1.807) is 17.9 Å². The topological polar surface area (TPSA) is 55.8 Å². The fourth-order valence-electron chi connectivity index (χ4n) is 4.50. The number of amides is 1. The van der Waals surface area contributed by atoms with Crippen molar-refractivity contribution in [2.24, 2.45) is 11.8 Å². The van der Waals surface area contributed by atoms with Crippen LogP contribution in [0.4, 0.5) is 5.69 Å². The maximum Gasteiger partial charge on any atom is 0.312 e. The molecular weight excluding hydrogens is 318 g/mol. The normalized spacial score (nSPS) is 35.1. The lowest BCUT2D eigenvalue weighted by Gasteiger charge is -2.32. The van der Waals surface area contributed by atoms with E-state index in [4.69, 9.17) is 9.47 Å². The summed E-state index contributed by atoms with van der Waals surface area (Å²) < 4.78 is 11.5. The smallest absolute Gasteiger partial charge is 0.312 e. The van der Waals surface area contributed by atoms with Crippen molar-refractivity contribution in [3.63, 3.8) is 0 Å². The molecule has 5 heteroatoms. The lowest BCUT2D eigenvalue weighted by molar-refractivity contribution is -0.151. The quantitative estimate of drug-likeness (QED) is 0.611. The Bertz CT molecular complexity index is 743. The van der Waals surface area contributed by atoms with Gasteiger partial charge in [-0.15, -0.1) is 6.58 Å². The van der Waals surface area contributed by atoms with Crippen molar-refractivity contribution in [1.82, 2.24) is 0 Å². The van der Waals surface area contributed by atoms with Gasteiger partial charge >= 0.3 is 5.97 Å². The van der Waals surface area contributed by atoms with E-state index in [1.807, 2.05) is 42.5 Å². The molecule has 1 aromatic rings. The summed E-state index contributed by atoms with van der Waals surface area (Å²) in [5.74, 6) is -1.57. The van der Waals surface area contributed by atoms with Crippen LogP contribution in [0.25, 0.3) is 0 Å². The summed E-state index contributed by atoms with van der Waals surface area (Å²) in [5, 5.41) is 0. The molecule has 5 nitrogen and oxygen atoms in total. The predicted molar refractivity (Wildman–Crippen MR) is 92.9 cm³/mol. The largest absolute Gasteiger partial charge is 0.466 e. The number of carbonyl (C=O) groups is 2. The highest BCUT2D eigenvalue weighted by Crippen LogP contribution is 2.56. The first kappa shape index (κ1) is 16.1. The molecule has 3 aliphatic heterocycles. The Hall–Kier alpha value is -2.40. The summed E-state index contributed by atoms with van der Waals surface area (Å²) in [6.07, 6.45) is 5.86. The molecule has 1 aromatic carbocycles. The molecule has 1 unspecified atom stereocenters. The van der Waals surface area contributed by atoms with E-state index in [1.165, 1.54) is 0 Å². The van der Waals surface area contributed by atoms with Crippen LogP contribution in [0.5, 0.6) is 0 Å². The van der Waals surface area contributed by atoms with E-state index in [0.29, 0.717) is 6.42 Å². The van der Waals surface area contributed by atoms with Gasteiger partial charge in [0.2, 0.25) is 5.91 Å². The Morgan fingerprint density at radius 2 is 2.16 bits per heavy atom. The van der Waals surface area contributed by atoms with Gasteiger partial charge in [-0.2, -0.15) is 0 Å². The summed E-state index contributed by atoms with van der Waals surface area (Å²) in [6, 6.07) is 9.30. The number of nitrogens with zero attached hydrogens (tertiary/aromatic N) is 1. The Kier molecular flexibility index (Phi) is 3.76. The van der Waals surface area contributed by atoms with Gasteiger partial charge in [0.25, 0.3) is 0 Å². The molecule has 3 heterocycles. The molecule has 2 bridgehead atoms. The molecule has 0 saturated carbocycles. The van der Waals surface area contributed by atoms with Crippen molar-refractivity contribution in [2.45, 2.75) is 31.1 Å². The lowest BCUT2D eigenvalue weighted by atomic mass is 9.74. The van der Waals surface area contributed by atoms with Crippen molar-refractivity contribution in [1.29, 1.82) is 0 Å². The third-order valence-electron chi connectivity index (χ3n) is 5.40. The standard InChI is InChI=1S/C20H21NO4/c1-3-8-15-20-12-11-14(25-20)16(19(23)24-4-2)17(20)18(22)21(15)13-9-6-5-7-10-13/h3,5-7,9-12,14-17H,1,4,8H2,2H3/t14-,15?,16-,17+,20-/m1/s1. The maximum atomic E-state index is 13.3. The van der Waals surface area contributed by atoms with E-state index in [-0.39, 0.29) is 24.5 Å². The zero-order valence-electron chi connectivity index (χ0n) is 14.1. The first-order valence-electron chi connectivity index (χ1n) is 8.67. The highest BCUT2D eigenvalue weighted by molar-refractivity contribution is 6.03. The number of para-hydroxylation sites is 1. The molecule has 0 aromatic heterocycles. The molecule has 1 amide bonds. The number of fused-ring (bicyclic) bond motifs is 1. The average Bonchev–Trinajstić information content (AvgIpc) is 3.25. The summed E-state index contributed by atoms with van der Waals surface area (Å²) in [4.78, 5) is 27.6. The zero-order chi connectivity index (χ0) is 17.6. The Labute approximate surface area is 146 Å². The number of hydrogen-bond donors (Lipinski definition) is 0. The first-order chi connectivity index (χ1) is 12.1. The van der Waals surface area contributed by atoms with Crippen LogP contribution in [0.2, 0.25) is 0 Å². The highest BCUT2D eigenvalue weighted by Gasteiger charge is 2.71. The van der Waals surface area contributed by atoms with E-state index in [2.05, 4.69) is 6.58 Å². The summed E-state index contributed by atoms with van der Waals surface area (Å²) in [5.41, 5.74) is 0.0228. The second kappa shape index (κ2) is 5.85. The van der Waals surface area contributed by atoms with Crippen LogP contribution in [0, 0.1) is 11.8 Å². The number of ether oxygens (including phenoxy) is 2. The second-order valence-corrected chi connectivity index (χ2v) is 6.63. The predicted octanol–water partition coefficient (Wildman–Crippen LogP) is 2.48. The number of esters is 1. The third-order valence-corrected chi connectivity index (χ3v) is 5.40. The third kappa shape index (κ3) is 2.12. The van der Waals surface area contributed by atoms with Gasteiger partial charge in [0, 0.05) is 5.69 Å². The fraction of sp³-hybridized carbons (Fsp3) is 0.400. The molecule has 1 spiro atoms. The van der Waals surface area contributed by atoms with Gasteiger partial charge in [-0.1, -0.05) is 36.4 Å². The molecule has 0 aliphatic carbocycles. The molecule has 5 atom stereocenters. The number of benzene rings is 1. The maximum absolute atomic E-state index is 13.3. The number of hydrogen-bond acceptors (Lipinski definition) is 4. The molecule has 3 aliphatic rings. The van der Waals surface area contributed by atoms with Gasteiger partial charge in [0.1, 0.15) is 11.5 Å². The minimum atomic E-state index is -0.788. The lowest BCUT2D eigenvalue weighted by Crippen LogP contribution is -2.45. The van der Waals surface area contributed by atoms with Crippen molar-refractivity contribution in [3.8, 4) is 0 Å². The minimum absolute atomic E-state index is 0.0806. The van der Waals surface area contributed by atoms with Crippen LogP contribution < -0.4 is 4.90 Å². The highest BCUT2D eigenvalue weighted by atomic mass is 16.6. The van der Waals surface area contributed by atoms with Crippen LogP contribution in [-0.2, 0) is 19.1 Å². The summed E-state index contributed by atoms with van der Waals surface area (Å²) >= 11 is 0. The Morgan fingerprint density at radius 1 is 1.40 bits per heavy atom. The van der Waals surface area contributed by atoms with Crippen LogP contribution in [-0.4, -0.2) is 36.2 Å². The van der Waals surface area contributed by atoms with E-state index in [9.17, 15) is 9.59 Å². The molecule has 4 rings (SSSR count). The number of rotatable bonds is 5. The molecule has 0 N–H and O–H groups in total. The summed E-state index contributed by atoms with van der Waals surface area (Å²) in [6.45, 7) is 5.90. The molecule has 130 valence electrons. The number of carbonyl (C=O) groups excluding carboxylic acids is 2. The zero-order valence-corrected chi connectivity index (χ0v) is 14.1. The fourth-order valence-corrected chi connectivity index (χ4v) is 4.50. The van der Waals surface area contributed by atoms with Gasteiger partial charge in [0.15, 0.2) is 0 Å². The Morgan fingerprint density at radius 3 is 2.84 bits per heavy atom. The summed E-state index contributed by atoms with van der Waals surface area (Å²) in [7, 11) is 0. The van der Waals surface area contributed by atoms with Crippen molar-refractivity contribution >= 4 is 17.6 Å². The monoisotopic (exact) mass is 339 g/mol. The molecule has 2 fully saturated rings. The van der Waals surface area contributed by atoms with Gasteiger partial charge in [-0.05, 0) is 25.5 Å². The molecule has 25 heavy (non-hydrogen) atoms. The molecular formula is C20H21NO4.